The van der Waals surface area contributed by atoms with Crippen LogP contribution in [-0.4, -0.2) is 47.7 Å². The van der Waals surface area contributed by atoms with Gasteiger partial charge in [0.25, 0.3) is 0 Å². The van der Waals surface area contributed by atoms with Crippen molar-refractivity contribution >= 4 is 15.8 Å². The Morgan fingerprint density at radius 3 is 2.72 bits per heavy atom. The molecule has 0 amide bonds. The van der Waals surface area contributed by atoms with E-state index in [9.17, 15) is 8.42 Å². The quantitative estimate of drug-likeness (QED) is 0.812. The summed E-state index contributed by atoms with van der Waals surface area (Å²) in [5.41, 5.74) is 2.20. The average Bonchev–Trinajstić information content (AvgIpc) is 2.61. The molecule has 8 nitrogen and oxygen atoms in total. The van der Waals surface area contributed by atoms with Crippen molar-refractivity contribution in [3.63, 3.8) is 0 Å². The van der Waals surface area contributed by atoms with Crippen LogP contribution in [0.15, 0.2) is 23.5 Å². The molecule has 0 unspecified atom stereocenters. The van der Waals surface area contributed by atoms with Crippen LogP contribution in [0, 0.1) is 6.92 Å². The maximum absolute atomic E-state index is 12.1. The Balaban J connectivity index is 1.84. The van der Waals surface area contributed by atoms with Gasteiger partial charge in [-0.25, -0.2) is 18.4 Å². The van der Waals surface area contributed by atoms with Gasteiger partial charge in [-0.15, -0.1) is 0 Å². The van der Waals surface area contributed by atoms with Crippen LogP contribution >= 0.6 is 0 Å². The number of sulfone groups is 1. The number of rotatable bonds is 5. The van der Waals surface area contributed by atoms with Crippen molar-refractivity contribution in [3.8, 4) is 0 Å². The first-order valence-electron chi connectivity index (χ1n) is 8.22. The third-order valence-electron chi connectivity index (χ3n) is 4.13. The van der Waals surface area contributed by atoms with Crippen molar-refractivity contribution in [1.29, 1.82) is 0 Å². The third kappa shape index (κ3) is 4.49. The lowest BCUT2D eigenvalue weighted by atomic mass is 9.96. The van der Waals surface area contributed by atoms with E-state index in [1.54, 1.807) is 12.4 Å². The van der Waals surface area contributed by atoms with Gasteiger partial charge in [0.2, 0.25) is 5.95 Å². The summed E-state index contributed by atoms with van der Waals surface area (Å²) in [5.74, 6) is 0.469. The van der Waals surface area contributed by atoms with Crippen molar-refractivity contribution in [2.75, 3.05) is 24.7 Å². The van der Waals surface area contributed by atoms with Crippen LogP contribution < -0.4 is 10.6 Å². The summed E-state index contributed by atoms with van der Waals surface area (Å²) in [5, 5.41) is 6.40. The minimum absolute atomic E-state index is 0.0705. The van der Waals surface area contributed by atoms with E-state index in [0.717, 1.165) is 37.3 Å². The second-order valence-corrected chi connectivity index (χ2v) is 8.25. The van der Waals surface area contributed by atoms with Crippen molar-refractivity contribution < 1.29 is 8.42 Å². The van der Waals surface area contributed by atoms with E-state index >= 15 is 0 Å². The van der Waals surface area contributed by atoms with Gasteiger partial charge in [0.1, 0.15) is 4.90 Å². The lowest BCUT2D eigenvalue weighted by molar-refractivity contribution is 0.448. The van der Waals surface area contributed by atoms with E-state index < -0.39 is 9.84 Å². The molecule has 0 bridgehead atoms. The second kappa shape index (κ2) is 7.40. The molecule has 1 atom stereocenters. The number of hydrogen-bond acceptors (Lipinski definition) is 8. The first-order chi connectivity index (χ1) is 11.9. The third-order valence-corrected chi connectivity index (χ3v) is 5.24. The molecule has 3 rings (SSSR count). The fraction of sp³-hybridized carbons (Fsp3) is 0.500. The minimum Gasteiger partial charge on any atom is -0.349 e. The molecule has 2 aromatic heterocycles. The van der Waals surface area contributed by atoms with Gasteiger partial charge in [-0.3, -0.25) is 9.97 Å². The highest BCUT2D eigenvalue weighted by Crippen LogP contribution is 2.27. The Labute approximate surface area is 147 Å². The number of piperidine rings is 1. The lowest BCUT2D eigenvalue weighted by Crippen LogP contribution is -2.30. The fourth-order valence-electron chi connectivity index (χ4n) is 2.81. The zero-order valence-corrected chi connectivity index (χ0v) is 15.2. The Morgan fingerprint density at radius 2 is 2.08 bits per heavy atom. The smallest absolute Gasteiger partial charge is 0.223 e. The molecule has 134 valence electrons. The zero-order valence-electron chi connectivity index (χ0n) is 14.4. The molecule has 2 N–H and O–H groups in total. The van der Waals surface area contributed by atoms with Gasteiger partial charge >= 0.3 is 0 Å². The van der Waals surface area contributed by atoms with Crippen molar-refractivity contribution in [3.05, 3.63) is 35.7 Å². The standard InChI is InChI=1S/C16H22N6O2S/c1-11-6-19-13(8-18-11)9-20-16-21-10-14(25(2,23)24)15(22-16)12-4-3-5-17-7-12/h6,8,10,12,17H,3-5,7,9H2,1-2H3,(H,20,21,22)/t12-/m1/s1. The summed E-state index contributed by atoms with van der Waals surface area (Å²) < 4.78 is 24.2. The highest BCUT2D eigenvalue weighted by molar-refractivity contribution is 7.90. The molecule has 1 fully saturated rings. The van der Waals surface area contributed by atoms with Crippen LogP contribution in [0.5, 0.6) is 0 Å². The topological polar surface area (TPSA) is 110 Å². The molecular weight excluding hydrogens is 340 g/mol. The number of hydrogen-bond donors (Lipinski definition) is 2. The van der Waals surface area contributed by atoms with Crippen molar-refractivity contribution in [1.82, 2.24) is 25.3 Å². The van der Waals surface area contributed by atoms with Gasteiger partial charge in [-0.05, 0) is 26.3 Å². The maximum atomic E-state index is 12.1. The molecule has 0 aliphatic carbocycles. The molecule has 0 saturated carbocycles. The van der Waals surface area contributed by atoms with Gasteiger partial charge in [0.15, 0.2) is 9.84 Å². The van der Waals surface area contributed by atoms with Crippen LogP contribution in [-0.2, 0) is 16.4 Å². The number of aromatic nitrogens is 4. The van der Waals surface area contributed by atoms with Crippen molar-refractivity contribution in [2.45, 2.75) is 37.1 Å². The van der Waals surface area contributed by atoms with Crippen LogP contribution in [0.1, 0.15) is 35.8 Å². The highest BCUT2D eigenvalue weighted by Gasteiger charge is 2.25. The van der Waals surface area contributed by atoms with E-state index in [1.165, 1.54) is 12.5 Å². The molecular formula is C16H22N6O2S. The zero-order chi connectivity index (χ0) is 17.9. The monoisotopic (exact) mass is 362 g/mol. The number of nitrogens with zero attached hydrogens (tertiary/aromatic N) is 4. The molecule has 2 aromatic rings. The van der Waals surface area contributed by atoms with Crippen LogP contribution in [0.3, 0.4) is 0 Å². The Morgan fingerprint density at radius 1 is 1.24 bits per heavy atom. The average molecular weight is 362 g/mol. The SMILES string of the molecule is Cc1cnc(CNc2ncc(S(C)(=O)=O)c([C@@H]3CCCNC3)n2)cn1. The van der Waals surface area contributed by atoms with Crippen LogP contribution in [0.2, 0.25) is 0 Å². The Kier molecular flexibility index (Phi) is 5.24. The molecule has 0 aromatic carbocycles. The Bertz CT molecular complexity index is 832. The molecule has 1 saturated heterocycles. The van der Waals surface area contributed by atoms with E-state index in [-0.39, 0.29) is 10.8 Å². The lowest BCUT2D eigenvalue weighted by Gasteiger charge is -2.24. The molecule has 1 aliphatic heterocycles. The van der Waals surface area contributed by atoms with E-state index in [2.05, 4.69) is 30.6 Å². The minimum atomic E-state index is -3.37. The summed E-state index contributed by atoms with van der Waals surface area (Å²) in [7, 11) is -3.37. The van der Waals surface area contributed by atoms with Gasteiger partial charge in [0.05, 0.1) is 36.0 Å². The van der Waals surface area contributed by atoms with Gasteiger partial charge in [0, 0.05) is 24.9 Å². The summed E-state index contributed by atoms with van der Waals surface area (Å²) in [6.07, 6.45) is 7.90. The summed E-state index contributed by atoms with van der Waals surface area (Å²) >= 11 is 0. The number of nitrogens with one attached hydrogen (secondary N) is 2. The van der Waals surface area contributed by atoms with Crippen LogP contribution in [0.4, 0.5) is 5.95 Å². The first-order valence-corrected chi connectivity index (χ1v) is 10.1. The predicted octanol–water partition coefficient (Wildman–Crippen LogP) is 1.06. The van der Waals surface area contributed by atoms with E-state index in [4.69, 9.17) is 0 Å². The summed E-state index contributed by atoms with van der Waals surface area (Å²) in [6, 6.07) is 0. The molecule has 3 heterocycles. The maximum Gasteiger partial charge on any atom is 0.223 e. The Hall–Kier alpha value is -2.13. The van der Waals surface area contributed by atoms with Gasteiger partial charge in [-0.1, -0.05) is 0 Å². The highest BCUT2D eigenvalue weighted by atomic mass is 32.2. The second-order valence-electron chi connectivity index (χ2n) is 6.26. The molecule has 0 spiro atoms. The summed E-state index contributed by atoms with van der Waals surface area (Å²) in [4.78, 5) is 17.4. The molecule has 0 radical (unpaired) electrons. The predicted molar refractivity (Wildman–Crippen MR) is 94.1 cm³/mol. The molecule has 25 heavy (non-hydrogen) atoms. The molecule has 1 aliphatic rings. The first kappa shape index (κ1) is 17.7. The van der Waals surface area contributed by atoms with Gasteiger partial charge < -0.3 is 10.6 Å². The van der Waals surface area contributed by atoms with E-state index in [1.807, 2.05) is 6.92 Å². The largest absolute Gasteiger partial charge is 0.349 e. The van der Waals surface area contributed by atoms with Gasteiger partial charge in [-0.2, -0.15) is 0 Å². The summed E-state index contributed by atoms with van der Waals surface area (Å²) in [6.45, 7) is 3.98. The van der Waals surface area contributed by atoms with E-state index in [0.29, 0.717) is 18.2 Å². The van der Waals surface area contributed by atoms with Crippen LogP contribution in [0.25, 0.3) is 0 Å². The normalized spacial score (nSPS) is 18.1. The number of aryl methyl sites for hydroxylation is 1. The van der Waals surface area contributed by atoms with Crippen molar-refractivity contribution in [2.24, 2.45) is 0 Å². The molecule has 9 heteroatoms. The number of anilines is 1. The fourth-order valence-corrected chi connectivity index (χ4v) is 3.65.